The molecule has 6 heteroatoms. The fourth-order valence-electron chi connectivity index (χ4n) is 12.7. The van der Waals surface area contributed by atoms with Gasteiger partial charge in [0.05, 0.1) is 50.3 Å². The van der Waals surface area contributed by atoms with Gasteiger partial charge in [0.15, 0.2) is 0 Å². The van der Waals surface area contributed by atoms with Crippen LogP contribution in [0.5, 0.6) is 0 Å². The molecule has 3 aliphatic rings. The molecule has 0 saturated heterocycles. The smallest absolute Gasteiger partial charge is 0.227 e. The second-order valence-corrected chi connectivity index (χ2v) is 21.4. The summed E-state index contributed by atoms with van der Waals surface area (Å²) >= 11 is 3.81. The van der Waals surface area contributed by atoms with E-state index in [-0.39, 0.29) is 5.25 Å². The van der Waals surface area contributed by atoms with E-state index in [9.17, 15) is 0 Å². The van der Waals surface area contributed by atoms with Crippen LogP contribution in [-0.4, -0.2) is 20.5 Å². The molecule has 71 heavy (non-hydrogen) atoms. The third-order valence-corrected chi connectivity index (χ3v) is 18.0. The first kappa shape index (κ1) is 38.4. The van der Waals surface area contributed by atoms with E-state index in [1.807, 2.05) is 35.9 Å². The molecule has 0 spiro atoms. The Kier molecular flexibility index (Phi) is 7.63. The van der Waals surface area contributed by atoms with Gasteiger partial charge in [-0.05, 0) is 126 Å². The van der Waals surface area contributed by atoms with Crippen molar-refractivity contribution >= 4 is 155 Å². The number of para-hydroxylation sites is 2. The number of fused-ring (bicyclic) bond motifs is 10. The maximum atomic E-state index is 4.72. The monoisotopic (exact) mass is 937 g/mol. The van der Waals surface area contributed by atoms with Crippen LogP contribution in [0.4, 0.5) is 28.4 Å². The van der Waals surface area contributed by atoms with Crippen LogP contribution in [0.2, 0.25) is 0 Å². The highest BCUT2D eigenvalue weighted by Crippen LogP contribution is 2.55. The number of rotatable bonds is 3. The number of hydrogen-bond acceptors (Lipinski definition) is 4. The number of nitrogens with zero attached hydrogens (tertiary/aromatic N) is 4. The van der Waals surface area contributed by atoms with E-state index in [1.54, 1.807) is 0 Å². The molecule has 0 saturated carbocycles. The molecule has 1 unspecified atom stereocenters. The van der Waals surface area contributed by atoms with Crippen molar-refractivity contribution in [3.63, 3.8) is 0 Å². The van der Waals surface area contributed by atoms with E-state index in [4.69, 9.17) is 4.98 Å². The summed E-state index contributed by atoms with van der Waals surface area (Å²) in [5.41, 5.74) is 10.6. The number of allylic oxidation sites excluding steroid dienone is 3. The Labute approximate surface area is 415 Å². The molecule has 0 fully saturated rings. The maximum Gasteiger partial charge on any atom is 0.227 e. The predicted molar refractivity (Wildman–Crippen MR) is 303 cm³/mol. The molecule has 1 aliphatic carbocycles. The van der Waals surface area contributed by atoms with Crippen LogP contribution in [0.3, 0.4) is 0 Å². The van der Waals surface area contributed by atoms with E-state index < -0.39 is 0 Å². The Morgan fingerprint density at radius 3 is 1.93 bits per heavy atom. The topological polar surface area (TPSA) is 24.1 Å². The van der Waals surface area contributed by atoms with Gasteiger partial charge in [0.1, 0.15) is 5.25 Å². The van der Waals surface area contributed by atoms with E-state index >= 15 is 0 Å². The van der Waals surface area contributed by atoms with Gasteiger partial charge in [0.2, 0.25) is 17.1 Å². The summed E-state index contributed by atoms with van der Waals surface area (Å²) in [6.45, 7) is 0. The van der Waals surface area contributed by atoms with Crippen LogP contribution < -0.4 is 9.48 Å². The average Bonchev–Trinajstić information content (AvgIpc) is 3.75. The zero-order valence-corrected chi connectivity index (χ0v) is 39.6. The second-order valence-electron chi connectivity index (χ2n) is 19.1. The molecule has 1 atom stereocenters. The minimum atomic E-state index is 0.136. The number of anilines is 3. The molecule has 4 nitrogen and oxygen atoms in total. The Hall–Kier alpha value is -8.42. The Morgan fingerprint density at radius 2 is 1.13 bits per heavy atom. The minimum Gasteiger partial charge on any atom is -0.308 e. The summed E-state index contributed by atoms with van der Waals surface area (Å²) in [6, 6.07) is 68.6. The largest absolute Gasteiger partial charge is 0.308 e. The van der Waals surface area contributed by atoms with Gasteiger partial charge in [-0.25, -0.2) is 0 Å². The van der Waals surface area contributed by atoms with Crippen molar-refractivity contribution < 1.29 is 0 Å². The van der Waals surface area contributed by atoms with Crippen molar-refractivity contribution in [3.8, 4) is 5.69 Å². The molecular weight excluding hydrogens is 901 g/mol. The molecule has 4 heterocycles. The summed E-state index contributed by atoms with van der Waals surface area (Å²) in [4.78, 5) is 11.0. The van der Waals surface area contributed by atoms with Crippen molar-refractivity contribution in [3.05, 3.63) is 219 Å². The SMILES string of the molecule is C1=CC2=[N+](c3ccc4ccc5c(N6c7ccccc7Sc7ccccc76)ccc6ccc3c4c65)c3cc4c(cc3SC2C=C1)c1c2cccc3c5cccc6cccc(c(cc1n4-c1cccnc1)c32)c65. The fraction of sp³-hybridized carbons (Fsp3) is 0.0154. The predicted octanol–water partition coefficient (Wildman–Crippen LogP) is 17.9. The van der Waals surface area contributed by atoms with Gasteiger partial charge in [0, 0.05) is 55.7 Å². The molecule has 0 bridgehead atoms. The molecule has 328 valence electrons. The standard InChI is InChI=1S/C65H37N4S2/c1-4-21-57-51(18-1)68(52-19-2-5-22-58(52)70-57)49-30-26-38-25-29-45-50(31-27-39-24-28-44(49)62(38)63(39)45)69-53-20-3-6-23-59(53)71-60-34-48-54(35-55(60)69)67(40-13-10-32-66-36-40)56-33-47-43-15-8-12-37-11-7-14-41(61(37)43)42-16-9-17-46(64(42)47)65(48)56/h1-36,59H/q+1. The van der Waals surface area contributed by atoms with Gasteiger partial charge in [-0.3, -0.25) is 4.98 Å². The van der Waals surface area contributed by atoms with Crippen LogP contribution in [0.15, 0.2) is 233 Å². The molecule has 0 N–H and O–H groups in total. The van der Waals surface area contributed by atoms with Crippen LogP contribution in [0.1, 0.15) is 0 Å². The average molecular weight is 938 g/mol. The van der Waals surface area contributed by atoms with Crippen molar-refractivity contribution in [2.45, 2.75) is 19.9 Å². The highest BCUT2D eigenvalue weighted by atomic mass is 32.2. The van der Waals surface area contributed by atoms with Gasteiger partial charge in [-0.2, -0.15) is 4.58 Å². The van der Waals surface area contributed by atoms with Crippen molar-refractivity contribution in [2.24, 2.45) is 0 Å². The van der Waals surface area contributed by atoms with Crippen LogP contribution in [0, 0.1) is 0 Å². The number of pyridine rings is 1. The van der Waals surface area contributed by atoms with Crippen LogP contribution in [0.25, 0.3) is 103 Å². The van der Waals surface area contributed by atoms with Gasteiger partial charge >= 0.3 is 0 Å². The summed E-state index contributed by atoms with van der Waals surface area (Å²) in [5, 5.41) is 20.6. The number of thioether (sulfide) groups is 1. The lowest BCUT2D eigenvalue weighted by Crippen LogP contribution is -2.29. The lowest BCUT2D eigenvalue weighted by molar-refractivity contribution is 1.03. The van der Waals surface area contributed by atoms with Gasteiger partial charge in [0.25, 0.3) is 0 Å². The third-order valence-electron chi connectivity index (χ3n) is 15.6. The highest BCUT2D eigenvalue weighted by Gasteiger charge is 2.38. The number of aromatic nitrogens is 2. The summed E-state index contributed by atoms with van der Waals surface area (Å²) in [6.07, 6.45) is 13.0. The molecular formula is C65H37N4S2+. The molecule has 2 aromatic heterocycles. The molecule has 17 rings (SSSR count). The Balaban J connectivity index is 0.954. The lowest BCUT2D eigenvalue weighted by atomic mass is 9.88. The van der Waals surface area contributed by atoms with E-state index in [0.29, 0.717) is 0 Å². The number of benzene rings is 12. The van der Waals surface area contributed by atoms with E-state index in [2.05, 4.69) is 220 Å². The molecule has 0 amide bonds. The normalized spacial score (nSPS) is 15.4. The molecule has 14 aromatic rings. The van der Waals surface area contributed by atoms with E-state index in [1.165, 1.54) is 141 Å². The second kappa shape index (κ2) is 14.1. The van der Waals surface area contributed by atoms with Crippen molar-refractivity contribution in [2.75, 3.05) is 4.90 Å². The Bertz CT molecular complexity index is 4720. The minimum absolute atomic E-state index is 0.136. The Morgan fingerprint density at radius 1 is 0.437 bits per heavy atom. The van der Waals surface area contributed by atoms with Gasteiger partial charge < -0.3 is 9.47 Å². The molecule has 0 radical (unpaired) electrons. The first-order valence-electron chi connectivity index (χ1n) is 24.3. The quantitative estimate of drug-likeness (QED) is 0.100. The maximum absolute atomic E-state index is 4.72. The summed E-state index contributed by atoms with van der Waals surface area (Å²) < 4.78 is 5.05. The zero-order chi connectivity index (χ0) is 46.1. The highest BCUT2D eigenvalue weighted by molar-refractivity contribution is 8.01. The molecule has 2 aliphatic heterocycles. The van der Waals surface area contributed by atoms with Gasteiger partial charge in [-0.1, -0.05) is 133 Å². The fourth-order valence-corrected chi connectivity index (χ4v) is 15.0. The number of hydrogen-bond donors (Lipinski definition) is 0. The first-order valence-corrected chi connectivity index (χ1v) is 26.0. The zero-order valence-electron chi connectivity index (χ0n) is 38.0. The van der Waals surface area contributed by atoms with Crippen LogP contribution >= 0.6 is 23.5 Å². The first-order chi connectivity index (χ1) is 35.2. The van der Waals surface area contributed by atoms with Gasteiger partial charge in [-0.15, -0.1) is 11.8 Å². The summed E-state index contributed by atoms with van der Waals surface area (Å²) in [5.74, 6) is 0. The third kappa shape index (κ3) is 5.12. The lowest BCUT2D eigenvalue weighted by Gasteiger charge is -2.33. The van der Waals surface area contributed by atoms with Crippen LogP contribution in [-0.2, 0) is 0 Å². The van der Waals surface area contributed by atoms with E-state index in [0.717, 1.165) is 11.2 Å². The molecule has 12 aromatic carbocycles. The van der Waals surface area contributed by atoms with Crippen molar-refractivity contribution in [1.29, 1.82) is 0 Å². The van der Waals surface area contributed by atoms with Crippen molar-refractivity contribution in [1.82, 2.24) is 14.1 Å². The summed E-state index contributed by atoms with van der Waals surface area (Å²) in [7, 11) is 0.